The van der Waals surface area contributed by atoms with Crippen LogP contribution in [0.2, 0.25) is 0 Å². The van der Waals surface area contributed by atoms with E-state index in [0.717, 1.165) is 0 Å². The van der Waals surface area contributed by atoms with E-state index in [-0.39, 0.29) is 46.9 Å². The third-order valence-corrected chi connectivity index (χ3v) is 2.34. The molecule has 0 aromatic rings. The molecule has 8 heteroatoms. The number of hydrogen-bond acceptors (Lipinski definition) is 6. The molecular weight excluding hydrogens is 388 g/mol. The molecular formula is C4H8O6Sb2. The molecule has 0 bridgehead atoms. The maximum absolute atomic E-state index is 10.6. The number of carbonyl (C=O) groups is 2. The number of aliphatic hydroxyl groups is 2. The summed E-state index contributed by atoms with van der Waals surface area (Å²) in [7, 11) is 0. The van der Waals surface area contributed by atoms with Crippen LogP contribution in [0.15, 0.2) is 0 Å². The van der Waals surface area contributed by atoms with Crippen molar-refractivity contribution in [1.29, 1.82) is 0 Å². The number of carbonyl (C=O) groups excluding carboxylic acids is 2. The first-order valence-corrected chi connectivity index (χ1v) is 5.41. The fourth-order valence-corrected chi connectivity index (χ4v) is 1.19. The molecule has 0 heterocycles. The van der Waals surface area contributed by atoms with Gasteiger partial charge in [0.15, 0.2) is 0 Å². The summed E-state index contributed by atoms with van der Waals surface area (Å²) in [5, 5.41) is 17.8. The van der Waals surface area contributed by atoms with E-state index in [1.165, 1.54) is 0 Å². The second kappa shape index (κ2) is 6.03. The predicted octanol–water partition coefficient (Wildman–Crippen LogP) is -4.11. The molecule has 0 saturated carbocycles. The van der Waals surface area contributed by atoms with Crippen molar-refractivity contribution in [3.8, 4) is 0 Å². The molecule has 0 radical (unpaired) electrons. The Hall–Kier alpha value is 0.496. The van der Waals surface area contributed by atoms with Crippen LogP contribution >= 0.6 is 0 Å². The van der Waals surface area contributed by atoms with Crippen LogP contribution in [0, 0.1) is 0 Å². The van der Waals surface area contributed by atoms with Crippen LogP contribution in [-0.2, 0) is 15.6 Å². The first kappa shape index (κ1) is 12.5. The Kier molecular flexibility index (Phi) is 6.28. The van der Waals surface area contributed by atoms with Crippen molar-refractivity contribution in [3.63, 3.8) is 0 Å². The zero-order chi connectivity index (χ0) is 9.72. The topological polar surface area (TPSA) is 93.1 Å². The Bertz CT molecular complexity index is 162. The molecule has 0 aromatic carbocycles. The summed E-state index contributed by atoms with van der Waals surface area (Å²) in [6.45, 7) is 0. The van der Waals surface area contributed by atoms with Crippen molar-refractivity contribution in [2.24, 2.45) is 0 Å². The quantitative estimate of drug-likeness (QED) is 0.472. The fourth-order valence-electron chi connectivity index (χ4n) is 0.397. The van der Waals surface area contributed by atoms with E-state index in [4.69, 9.17) is 10.2 Å². The average molecular weight is 396 g/mol. The van der Waals surface area contributed by atoms with E-state index in [0.29, 0.717) is 0 Å². The Morgan fingerprint density at radius 1 is 1.00 bits per heavy atom. The van der Waals surface area contributed by atoms with E-state index in [2.05, 4.69) is 6.03 Å². The third-order valence-electron chi connectivity index (χ3n) is 1.01. The Labute approximate surface area is 96.3 Å². The molecule has 70 valence electrons. The summed E-state index contributed by atoms with van der Waals surface area (Å²) < 4.78 is 8.42. The Morgan fingerprint density at radius 2 is 1.25 bits per heavy atom. The van der Waals surface area contributed by atoms with Gasteiger partial charge in [0, 0.05) is 0 Å². The Morgan fingerprint density at radius 3 is 1.42 bits per heavy atom. The molecule has 0 amide bonds. The first-order valence-electron chi connectivity index (χ1n) is 2.71. The van der Waals surface area contributed by atoms with Gasteiger partial charge in [-0.3, -0.25) is 0 Å². The normalized spacial score (nSPS) is 14.7. The summed E-state index contributed by atoms with van der Waals surface area (Å²) in [4.78, 5) is 21.2. The van der Waals surface area contributed by atoms with Crippen LogP contribution in [0.25, 0.3) is 0 Å². The molecule has 12 heavy (non-hydrogen) atoms. The molecule has 0 rings (SSSR count). The van der Waals surface area contributed by atoms with Crippen LogP contribution in [0.3, 0.4) is 0 Å². The monoisotopic (exact) mass is 394 g/mol. The summed E-state index contributed by atoms with van der Waals surface area (Å²) in [6.07, 6.45) is -3.69. The van der Waals surface area contributed by atoms with Crippen molar-refractivity contribution in [3.05, 3.63) is 0 Å². The molecule has 0 aromatic heterocycles. The van der Waals surface area contributed by atoms with Gasteiger partial charge in [-0.25, -0.2) is 0 Å². The van der Waals surface area contributed by atoms with Crippen LogP contribution in [0.1, 0.15) is 0 Å². The van der Waals surface area contributed by atoms with Gasteiger partial charge in [-0.2, -0.15) is 0 Å². The van der Waals surface area contributed by atoms with E-state index in [9.17, 15) is 9.59 Å². The number of hydrogen-bond donors (Lipinski definition) is 2. The number of rotatable bonds is 3. The zero-order valence-corrected chi connectivity index (χ0v) is 12.4. The van der Waals surface area contributed by atoms with Crippen LogP contribution in [0.4, 0.5) is 0 Å². The molecule has 0 fully saturated rings. The molecule has 2 unspecified atom stereocenters. The van der Waals surface area contributed by atoms with Crippen LogP contribution in [0.5, 0.6) is 0 Å². The van der Waals surface area contributed by atoms with E-state index in [1.807, 2.05) is 0 Å². The maximum atomic E-state index is 10.6. The molecule has 0 aliphatic rings. The molecule has 0 aliphatic heterocycles. The van der Waals surface area contributed by atoms with Gasteiger partial charge in [0.2, 0.25) is 0 Å². The molecule has 0 saturated heterocycles. The summed E-state index contributed by atoms with van der Waals surface area (Å²) in [5.74, 6) is -2.04. The van der Waals surface area contributed by atoms with Crippen molar-refractivity contribution in [2.75, 3.05) is 0 Å². The second-order valence-corrected chi connectivity index (χ2v) is 3.11. The minimum atomic E-state index is -1.85. The van der Waals surface area contributed by atoms with E-state index >= 15 is 0 Å². The SMILES string of the molecule is O=C([O][SbH2])C(O)C(O)C(=O)[O][SbH2]. The van der Waals surface area contributed by atoms with Gasteiger partial charge in [-0.15, -0.1) is 0 Å². The third kappa shape index (κ3) is 3.48. The summed E-state index contributed by atoms with van der Waals surface area (Å²) >= 11 is 0.318. The predicted molar refractivity (Wildman–Crippen MR) is 41.3 cm³/mol. The van der Waals surface area contributed by atoms with Crippen molar-refractivity contribution in [2.45, 2.75) is 12.2 Å². The van der Waals surface area contributed by atoms with E-state index < -0.39 is 24.1 Å². The summed E-state index contributed by atoms with van der Waals surface area (Å²) in [5.41, 5.74) is 0. The molecule has 2 atom stereocenters. The fraction of sp³-hybridized carbons (Fsp3) is 0.500. The Balaban J connectivity index is 4.18. The van der Waals surface area contributed by atoms with Gasteiger partial charge < -0.3 is 0 Å². The zero-order valence-electron chi connectivity index (χ0n) is 5.84. The molecule has 6 nitrogen and oxygen atoms in total. The standard InChI is InChI=1S/C4H6O6.2Sb.4H/c5-1(3(7)8)2(6)4(9)10;;;;;;/h1-2,5-6H,(H,7,8)(H,9,10);;;;;;/q;2*+1;;;;/p-2. The van der Waals surface area contributed by atoms with Crippen molar-refractivity contribution < 1.29 is 25.8 Å². The molecule has 0 spiro atoms. The van der Waals surface area contributed by atoms with Gasteiger partial charge >= 0.3 is 96.9 Å². The first-order chi connectivity index (χ1) is 5.54. The van der Waals surface area contributed by atoms with E-state index in [1.54, 1.807) is 0 Å². The minimum absolute atomic E-state index is 0.159. The average Bonchev–Trinajstić information content (AvgIpc) is 2.12. The number of aliphatic hydroxyl groups excluding tert-OH is 2. The molecule has 0 aliphatic carbocycles. The van der Waals surface area contributed by atoms with Gasteiger partial charge in [0.1, 0.15) is 0 Å². The van der Waals surface area contributed by atoms with Crippen molar-refractivity contribution >= 4 is 58.8 Å². The van der Waals surface area contributed by atoms with Gasteiger partial charge in [0.25, 0.3) is 0 Å². The van der Waals surface area contributed by atoms with Gasteiger partial charge in [0.05, 0.1) is 0 Å². The van der Waals surface area contributed by atoms with Crippen molar-refractivity contribution in [1.82, 2.24) is 0 Å². The van der Waals surface area contributed by atoms with Crippen LogP contribution < -0.4 is 0 Å². The summed E-state index contributed by atoms with van der Waals surface area (Å²) in [6, 6.07) is 0. The van der Waals surface area contributed by atoms with Gasteiger partial charge in [-0.1, -0.05) is 0 Å². The van der Waals surface area contributed by atoms with Gasteiger partial charge in [-0.05, 0) is 0 Å². The second-order valence-electron chi connectivity index (χ2n) is 1.76. The molecule has 2 N–H and O–H groups in total. The van der Waals surface area contributed by atoms with Crippen LogP contribution in [-0.4, -0.2) is 81.2 Å².